The van der Waals surface area contributed by atoms with Crippen LogP contribution in [0.1, 0.15) is 16.8 Å². The van der Waals surface area contributed by atoms with Gasteiger partial charge in [0.2, 0.25) is 0 Å². The molecular formula is C11H13BrN2O3S. The van der Waals surface area contributed by atoms with Crippen molar-refractivity contribution in [2.45, 2.75) is 12.5 Å². The zero-order valence-corrected chi connectivity index (χ0v) is 12.1. The lowest BCUT2D eigenvalue weighted by Crippen LogP contribution is -2.41. The van der Waals surface area contributed by atoms with Gasteiger partial charge in [-0.2, -0.15) is 11.8 Å². The Morgan fingerprint density at radius 2 is 2.33 bits per heavy atom. The standard InChI is InChI=1S/C11H13BrN2O3S/c1-18-6-4-8(11(16)17)14-10(15)7-3-2-5-13-9(7)12/h2-3,5,8H,4,6H2,1H3,(H,14,15)(H,16,17)/t8-/m1/s1. The smallest absolute Gasteiger partial charge is 0.326 e. The van der Waals surface area contributed by atoms with Gasteiger partial charge in [-0.1, -0.05) is 0 Å². The number of amides is 1. The number of aromatic nitrogens is 1. The summed E-state index contributed by atoms with van der Waals surface area (Å²) in [5.74, 6) is -0.799. The molecule has 1 atom stereocenters. The summed E-state index contributed by atoms with van der Waals surface area (Å²) in [5.41, 5.74) is 0.327. The minimum absolute atomic E-state index is 0.327. The zero-order chi connectivity index (χ0) is 13.5. The lowest BCUT2D eigenvalue weighted by molar-refractivity contribution is -0.139. The van der Waals surface area contributed by atoms with Crippen LogP contribution < -0.4 is 5.32 Å². The minimum atomic E-state index is -1.03. The van der Waals surface area contributed by atoms with Crippen molar-refractivity contribution in [2.24, 2.45) is 0 Å². The quantitative estimate of drug-likeness (QED) is 0.776. The van der Waals surface area contributed by atoms with E-state index >= 15 is 0 Å². The maximum Gasteiger partial charge on any atom is 0.326 e. The normalized spacial score (nSPS) is 11.9. The second-order valence-electron chi connectivity index (χ2n) is 3.49. The second-order valence-corrected chi connectivity index (χ2v) is 5.22. The highest BCUT2D eigenvalue weighted by molar-refractivity contribution is 9.10. The minimum Gasteiger partial charge on any atom is -0.480 e. The molecule has 0 aliphatic heterocycles. The first-order chi connectivity index (χ1) is 8.56. The first kappa shape index (κ1) is 15.0. The van der Waals surface area contributed by atoms with Gasteiger partial charge in [-0.05, 0) is 46.5 Å². The van der Waals surface area contributed by atoms with Crippen molar-refractivity contribution in [3.05, 3.63) is 28.5 Å². The molecule has 5 nitrogen and oxygen atoms in total. The molecule has 7 heteroatoms. The van der Waals surface area contributed by atoms with Crippen LogP contribution in [0.2, 0.25) is 0 Å². The van der Waals surface area contributed by atoms with Gasteiger partial charge in [-0.3, -0.25) is 4.79 Å². The first-order valence-corrected chi connectivity index (χ1v) is 7.38. The zero-order valence-electron chi connectivity index (χ0n) is 9.72. The number of thioether (sulfide) groups is 1. The summed E-state index contributed by atoms with van der Waals surface area (Å²) in [6.45, 7) is 0. The van der Waals surface area contributed by atoms with Crippen molar-refractivity contribution in [3.8, 4) is 0 Å². The largest absolute Gasteiger partial charge is 0.480 e. The Morgan fingerprint density at radius 3 is 2.89 bits per heavy atom. The Morgan fingerprint density at radius 1 is 1.61 bits per heavy atom. The number of hydrogen-bond donors (Lipinski definition) is 2. The molecule has 0 saturated heterocycles. The highest BCUT2D eigenvalue weighted by atomic mass is 79.9. The lowest BCUT2D eigenvalue weighted by atomic mass is 10.2. The maximum absolute atomic E-state index is 11.9. The number of carboxylic acids is 1. The van der Waals surface area contributed by atoms with E-state index in [1.165, 1.54) is 11.8 Å². The molecule has 2 N–H and O–H groups in total. The number of nitrogens with zero attached hydrogens (tertiary/aromatic N) is 1. The average Bonchev–Trinajstić information content (AvgIpc) is 2.34. The topological polar surface area (TPSA) is 79.3 Å². The molecule has 0 radical (unpaired) electrons. The summed E-state index contributed by atoms with van der Waals surface area (Å²) in [6, 6.07) is 2.33. The summed E-state index contributed by atoms with van der Waals surface area (Å²) in [6.07, 6.45) is 3.82. The van der Waals surface area contributed by atoms with Gasteiger partial charge in [-0.25, -0.2) is 9.78 Å². The van der Waals surface area contributed by atoms with Crippen LogP contribution in [0.25, 0.3) is 0 Å². The molecule has 0 spiro atoms. The highest BCUT2D eigenvalue weighted by Gasteiger charge is 2.21. The first-order valence-electron chi connectivity index (χ1n) is 5.19. The molecule has 0 saturated carbocycles. The molecule has 0 aliphatic rings. The van der Waals surface area contributed by atoms with Crippen molar-refractivity contribution in [2.75, 3.05) is 12.0 Å². The predicted octanol–water partition coefficient (Wildman–Crippen LogP) is 1.78. The van der Waals surface area contributed by atoms with E-state index in [0.717, 1.165) is 0 Å². The molecule has 0 aliphatic carbocycles. The van der Waals surface area contributed by atoms with E-state index in [0.29, 0.717) is 22.3 Å². The van der Waals surface area contributed by atoms with Crippen molar-refractivity contribution in [3.63, 3.8) is 0 Å². The third-order valence-corrected chi connectivity index (χ3v) is 3.49. The lowest BCUT2D eigenvalue weighted by Gasteiger charge is -2.14. The predicted molar refractivity (Wildman–Crippen MR) is 73.8 cm³/mol. The summed E-state index contributed by atoms with van der Waals surface area (Å²) in [4.78, 5) is 26.8. The van der Waals surface area contributed by atoms with Gasteiger partial charge < -0.3 is 10.4 Å². The number of hydrogen-bond acceptors (Lipinski definition) is 4. The van der Waals surface area contributed by atoms with Crippen molar-refractivity contribution in [1.29, 1.82) is 0 Å². The van der Waals surface area contributed by atoms with Crippen LogP contribution in [0.5, 0.6) is 0 Å². The monoisotopic (exact) mass is 332 g/mol. The number of aliphatic carboxylic acids is 1. The van der Waals surface area contributed by atoms with E-state index in [1.54, 1.807) is 18.3 Å². The molecule has 1 rings (SSSR count). The van der Waals surface area contributed by atoms with Gasteiger partial charge in [0.15, 0.2) is 0 Å². The fraction of sp³-hybridized carbons (Fsp3) is 0.364. The molecular weight excluding hydrogens is 320 g/mol. The molecule has 0 unspecified atom stereocenters. The Bertz CT molecular complexity index is 442. The number of pyridine rings is 1. The molecule has 0 aromatic carbocycles. The molecule has 1 amide bonds. The molecule has 98 valence electrons. The average molecular weight is 333 g/mol. The Kier molecular flexibility index (Phi) is 6.14. The van der Waals surface area contributed by atoms with Gasteiger partial charge in [0, 0.05) is 6.20 Å². The molecule has 1 heterocycles. The van der Waals surface area contributed by atoms with Crippen LogP contribution in [0.3, 0.4) is 0 Å². The number of carbonyl (C=O) groups is 2. The Hall–Kier alpha value is -1.08. The van der Waals surface area contributed by atoms with Gasteiger partial charge in [0.25, 0.3) is 5.91 Å². The third-order valence-electron chi connectivity index (χ3n) is 2.22. The molecule has 0 fully saturated rings. The summed E-state index contributed by atoms with van der Waals surface area (Å²) in [5, 5.41) is 11.5. The van der Waals surface area contributed by atoms with E-state index in [4.69, 9.17) is 5.11 Å². The number of rotatable bonds is 6. The van der Waals surface area contributed by atoms with E-state index < -0.39 is 17.9 Å². The molecule has 0 bridgehead atoms. The summed E-state index contributed by atoms with van der Waals surface area (Å²) >= 11 is 4.69. The van der Waals surface area contributed by atoms with Crippen LogP contribution in [-0.2, 0) is 4.79 Å². The van der Waals surface area contributed by atoms with Gasteiger partial charge >= 0.3 is 5.97 Å². The van der Waals surface area contributed by atoms with E-state index in [1.807, 2.05) is 6.26 Å². The van der Waals surface area contributed by atoms with Crippen LogP contribution in [-0.4, -0.2) is 40.0 Å². The number of carbonyl (C=O) groups excluding carboxylic acids is 1. The van der Waals surface area contributed by atoms with Crippen molar-refractivity contribution < 1.29 is 14.7 Å². The van der Waals surface area contributed by atoms with Gasteiger partial charge in [-0.15, -0.1) is 0 Å². The number of carboxylic acid groups (broad SMARTS) is 1. The Labute approximate surface area is 117 Å². The van der Waals surface area contributed by atoms with Crippen molar-refractivity contribution in [1.82, 2.24) is 10.3 Å². The second kappa shape index (κ2) is 7.38. The fourth-order valence-electron chi connectivity index (χ4n) is 1.28. The van der Waals surface area contributed by atoms with Crippen LogP contribution >= 0.6 is 27.7 Å². The van der Waals surface area contributed by atoms with Crippen molar-refractivity contribution >= 4 is 39.6 Å². The van der Waals surface area contributed by atoms with Crippen LogP contribution in [0.4, 0.5) is 0 Å². The SMILES string of the molecule is CSCC[C@@H](NC(=O)c1cccnc1Br)C(=O)O. The summed E-state index contributed by atoms with van der Waals surface area (Å²) < 4.78 is 0.400. The third kappa shape index (κ3) is 4.30. The summed E-state index contributed by atoms with van der Waals surface area (Å²) in [7, 11) is 0. The maximum atomic E-state index is 11.9. The van der Waals surface area contributed by atoms with Gasteiger partial charge in [0.05, 0.1) is 5.56 Å². The fourth-order valence-corrected chi connectivity index (χ4v) is 2.19. The van der Waals surface area contributed by atoms with E-state index in [-0.39, 0.29) is 0 Å². The highest BCUT2D eigenvalue weighted by Crippen LogP contribution is 2.13. The van der Waals surface area contributed by atoms with Gasteiger partial charge in [0.1, 0.15) is 10.6 Å². The molecule has 18 heavy (non-hydrogen) atoms. The number of nitrogens with one attached hydrogen (secondary N) is 1. The van der Waals surface area contributed by atoms with E-state index in [2.05, 4.69) is 26.2 Å². The van der Waals surface area contributed by atoms with E-state index in [9.17, 15) is 9.59 Å². The Balaban J connectivity index is 2.72. The molecule has 1 aromatic rings. The van der Waals surface area contributed by atoms with Crippen LogP contribution in [0.15, 0.2) is 22.9 Å². The number of halogens is 1. The molecule has 1 aromatic heterocycles. The van der Waals surface area contributed by atoms with Crippen LogP contribution in [0, 0.1) is 0 Å².